The summed E-state index contributed by atoms with van der Waals surface area (Å²) in [6.07, 6.45) is -4.22. The van der Waals surface area contributed by atoms with Crippen molar-refractivity contribution in [3.8, 4) is 0 Å². The highest BCUT2D eigenvalue weighted by Gasteiger charge is 2.46. The summed E-state index contributed by atoms with van der Waals surface area (Å²) in [5.41, 5.74) is -0.568. The highest BCUT2D eigenvalue weighted by molar-refractivity contribution is 8.14. The lowest BCUT2D eigenvalue weighted by atomic mass is 9.99. The molecule has 112 valence electrons. The number of aliphatic hydroxyl groups excluding tert-OH is 3. The van der Waals surface area contributed by atoms with E-state index >= 15 is 0 Å². The minimum absolute atomic E-state index is 0.128. The highest BCUT2D eigenvalue weighted by atomic mass is 32.2. The van der Waals surface area contributed by atoms with Gasteiger partial charge in [-0.15, -0.1) is 0 Å². The first-order valence-corrected chi connectivity index (χ1v) is 6.96. The summed E-state index contributed by atoms with van der Waals surface area (Å²) in [5.74, 6) is 0. The van der Waals surface area contributed by atoms with Crippen molar-refractivity contribution in [3.05, 3.63) is 0 Å². The van der Waals surface area contributed by atoms with Gasteiger partial charge in [0, 0.05) is 12.5 Å². The van der Waals surface area contributed by atoms with Crippen LogP contribution in [0.3, 0.4) is 0 Å². The van der Waals surface area contributed by atoms with Gasteiger partial charge in [0.05, 0.1) is 18.0 Å². The van der Waals surface area contributed by atoms with Crippen LogP contribution < -0.4 is 0 Å². The summed E-state index contributed by atoms with van der Waals surface area (Å²) in [7, 11) is 1.39. The number of carbonyl (C=O) groups is 1. The maximum Gasteiger partial charge on any atom is 0.194 e. The standard InChI is InChI=1S/C12H22O6S/c1-12(2,3)11(16)19-9-8(15)7(14)6(5-13)18-10(9)17-4/h6-10,13-15H,5H2,1-4H3/t6-,7+,8+,9+,10+/m1/s1. The van der Waals surface area contributed by atoms with Crippen LogP contribution in [0.25, 0.3) is 0 Å². The molecule has 0 bridgehead atoms. The third-order valence-electron chi connectivity index (χ3n) is 2.91. The van der Waals surface area contributed by atoms with Crippen molar-refractivity contribution in [1.82, 2.24) is 0 Å². The number of carbonyl (C=O) groups excluding carboxylic acids is 1. The first kappa shape index (κ1) is 16.9. The molecule has 7 heteroatoms. The lowest BCUT2D eigenvalue weighted by molar-refractivity contribution is -0.244. The predicted molar refractivity (Wildman–Crippen MR) is 70.6 cm³/mol. The topological polar surface area (TPSA) is 96.2 Å². The molecule has 0 spiro atoms. The molecule has 3 N–H and O–H groups in total. The third-order valence-corrected chi connectivity index (χ3v) is 4.51. The van der Waals surface area contributed by atoms with Gasteiger partial charge in [0.1, 0.15) is 12.2 Å². The first-order chi connectivity index (χ1) is 8.72. The van der Waals surface area contributed by atoms with Gasteiger partial charge in [-0.05, 0) is 0 Å². The monoisotopic (exact) mass is 294 g/mol. The molecule has 6 nitrogen and oxygen atoms in total. The molecule has 0 amide bonds. The Labute approximate surface area is 117 Å². The van der Waals surface area contributed by atoms with Crippen LogP contribution in [-0.4, -0.2) is 64.0 Å². The van der Waals surface area contributed by atoms with Crippen molar-refractivity contribution in [2.24, 2.45) is 5.41 Å². The number of rotatable bonds is 3. The summed E-state index contributed by atoms with van der Waals surface area (Å²) in [6, 6.07) is 0. The van der Waals surface area contributed by atoms with E-state index in [4.69, 9.17) is 14.6 Å². The van der Waals surface area contributed by atoms with E-state index in [1.54, 1.807) is 20.8 Å². The van der Waals surface area contributed by atoms with Crippen molar-refractivity contribution < 1.29 is 29.6 Å². The molecule has 0 unspecified atom stereocenters. The summed E-state index contributed by atoms with van der Waals surface area (Å²) in [5, 5.41) is 28.1. The van der Waals surface area contributed by atoms with E-state index < -0.39 is 41.9 Å². The molecule has 0 radical (unpaired) electrons. The Morgan fingerprint density at radius 1 is 1.32 bits per heavy atom. The Morgan fingerprint density at radius 3 is 2.32 bits per heavy atom. The van der Waals surface area contributed by atoms with Gasteiger partial charge in [-0.2, -0.15) is 0 Å². The number of hydrogen-bond acceptors (Lipinski definition) is 7. The molecule has 1 heterocycles. The Balaban J connectivity index is 2.82. The molecule has 0 aromatic heterocycles. The molecule has 1 aliphatic rings. The zero-order valence-electron chi connectivity index (χ0n) is 11.6. The number of aliphatic hydroxyl groups is 3. The second-order valence-electron chi connectivity index (χ2n) is 5.56. The Hall–Kier alpha value is -0.180. The minimum Gasteiger partial charge on any atom is -0.394 e. The normalized spacial score (nSPS) is 36.3. The Morgan fingerprint density at radius 2 is 1.89 bits per heavy atom. The van der Waals surface area contributed by atoms with Crippen molar-refractivity contribution in [2.75, 3.05) is 13.7 Å². The summed E-state index contributed by atoms with van der Waals surface area (Å²) >= 11 is 0.904. The molecule has 0 aromatic carbocycles. The van der Waals surface area contributed by atoms with Gasteiger partial charge in [-0.25, -0.2) is 0 Å². The van der Waals surface area contributed by atoms with E-state index in [-0.39, 0.29) is 5.12 Å². The second kappa shape index (κ2) is 6.51. The average molecular weight is 294 g/mol. The highest BCUT2D eigenvalue weighted by Crippen LogP contribution is 2.35. The zero-order valence-corrected chi connectivity index (χ0v) is 12.4. The van der Waals surface area contributed by atoms with Gasteiger partial charge in [0.25, 0.3) is 0 Å². The van der Waals surface area contributed by atoms with Gasteiger partial charge < -0.3 is 24.8 Å². The molecular weight excluding hydrogens is 272 g/mol. The van der Waals surface area contributed by atoms with E-state index in [1.165, 1.54) is 7.11 Å². The summed E-state index contributed by atoms with van der Waals surface area (Å²) in [6.45, 7) is 4.89. The van der Waals surface area contributed by atoms with Gasteiger partial charge in [-0.3, -0.25) is 4.79 Å². The largest absolute Gasteiger partial charge is 0.394 e. The average Bonchev–Trinajstić information content (AvgIpc) is 2.34. The number of hydrogen-bond donors (Lipinski definition) is 3. The van der Waals surface area contributed by atoms with Crippen molar-refractivity contribution in [1.29, 1.82) is 0 Å². The van der Waals surface area contributed by atoms with E-state index in [0.717, 1.165) is 11.8 Å². The van der Waals surface area contributed by atoms with Crippen LogP contribution in [-0.2, 0) is 14.3 Å². The molecule has 1 rings (SSSR count). The number of ether oxygens (including phenoxy) is 2. The van der Waals surface area contributed by atoms with Crippen LogP contribution in [0.15, 0.2) is 0 Å². The molecular formula is C12H22O6S. The molecule has 0 saturated carbocycles. The van der Waals surface area contributed by atoms with Crippen LogP contribution in [0.4, 0.5) is 0 Å². The molecule has 1 fully saturated rings. The quantitative estimate of drug-likeness (QED) is 0.660. The maximum atomic E-state index is 12.0. The Kier molecular flexibility index (Phi) is 5.78. The predicted octanol–water partition coefficient (Wildman–Crippen LogP) is -0.254. The number of methoxy groups -OCH3 is 1. The fourth-order valence-electron chi connectivity index (χ4n) is 1.67. The van der Waals surface area contributed by atoms with Crippen LogP contribution in [0.1, 0.15) is 20.8 Å². The fourth-order valence-corrected chi connectivity index (χ4v) is 2.86. The lowest BCUT2D eigenvalue weighted by Gasteiger charge is -2.41. The van der Waals surface area contributed by atoms with Crippen LogP contribution in [0, 0.1) is 5.41 Å². The van der Waals surface area contributed by atoms with E-state index in [9.17, 15) is 15.0 Å². The first-order valence-electron chi connectivity index (χ1n) is 6.08. The second-order valence-corrected chi connectivity index (χ2v) is 6.71. The smallest absolute Gasteiger partial charge is 0.194 e. The zero-order chi connectivity index (χ0) is 14.8. The van der Waals surface area contributed by atoms with E-state index in [1.807, 2.05) is 0 Å². The SMILES string of the molecule is CO[C@H]1O[C@H](CO)[C@H](O)[C@H](O)[C@@H]1SC(=O)C(C)(C)C. The van der Waals surface area contributed by atoms with Gasteiger partial charge in [0.2, 0.25) is 0 Å². The molecule has 1 saturated heterocycles. The molecule has 1 aliphatic heterocycles. The fraction of sp³-hybridized carbons (Fsp3) is 0.917. The van der Waals surface area contributed by atoms with Gasteiger partial charge in [-0.1, -0.05) is 32.5 Å². The van der Waals surface area contributed by atoms with Crippen molar-refractivity contribution >= 4 is 16.9 Å². The lowest BCUT2D eigenvalue weighted by Crippen LogP contribution is -2.58. The Bertz CT molecular complexity index is 314. The van der Waals surface area contributed by atoms with Gasteiger partial charge >= 0.3 is 0 Å². The van der Waals surface area contributed by atoms with E-state index in [0.29, 0.717) is 0 Å². The molecule has 0 aliphatic carbocycles. The third kappa shape index (κ3) is 3.90. The molecule has 19 heavy (non-hydrogen) atoms. The van der Waals surface area contributed by atoms with Gasteiger partial charge in [0.15, 0.2) is 11.4 Å². The van der Waals surface area contributed by atoms with Crippen LogP contribution in [0.5, 0.6) is 0 Å². The maximum absolute atomic E-state index is 12.0. The van der Waals surface area contributed by atoms with Crippen LogP contribution >= 0.6 is 11.8 Å². The van der Waals surface area contributed by atoms with E-state index in [2.05, 4.69) is 0 Å². The molecule has 5 atom stereocenters. The van der Waals surface area contributed by atoms with Crippen LogP contribution in [0.2, 0.25) is 0 Å². The summed E-state index contributed by atoms with van der Waals surface area (Å²) < 4.78 is 10.4. The molecule has 0 aromatic rings. The number of thioether (sulfide) groups is 1. The van der Waals surface area contributed by atoms with Crippen molar-refractivity contribution in [2.45, 2.75) is 50.6 Å². The minimum atomic E-state index is -1.25. The van der Waals surface area contributed by atoms with Crippen molar-refractivity contribution in [3.63, 3.8) is 0 Å². The summed E-state index contributed by atoms with van der Waals surface area (Å²) in [4.78, 5) is 12.0.